The maximum absolute atomic E-state index is 12.1. The number of hydrogen-bond acceptors (Lipinski definition) is 3. The number of H-pyrrole nitrogens is 1. The van der Waals surface area contributed by atoms with E-state index in [-0.39, 0.29) is 17.8 Å². The number of nitrogens with zero attached hydrogens (tertiary/aromatic N) is 2. The minimum atomic E-state index is -0.291. The molecule has 6 heteroatoms. The van der Waals surface area contributed by atoms with E-state index in [1.54, 1.807) is 0 Å². The number of carbonyl (C=O) groups is 1. The Balaban J connectivity index is 2.30. The highest BCUT2D eigenvalue weighted by atomic mass is 35.5. The lowest BCUT2D eigenvalue weighted by atomic mass is 10.1. The molecule has 21 heavy (non-hydrogen) atoms. The van der Waals surface area contributed by atoms with Crippen molar-refractivity contribution in [1.82, 2.24) is 14.6 Å². The van der Waals surface area contributed by atoms with Gasteiger partial charge in [-0.1, -0.05) is 41.9 Å². The highest BCUT2D eigenvalue weighted by Crippen LogP contribution is 2.29. The molecule has 0 radical (unpaired) electrons. The molecule has 0 atom stereocenters. The van der Waals surface area contributed by atoms with Crippen molar-refractivity contribution in [2.45, 2.75) is 13.3 Å². The number of fused-ring (bicyclic) bond motifs is 1. The molecule has 2 heterocycles. The van der Waals surface area contributed by atoms with Gasteiger partial charge in [0.2, 0.25) is 0 Å². The molecule has 3 rings (SSSR count). The Labute approximate surface area is 125 Å². The zero-order chi connectivity index (χ0) is 15.0. The molecule has 0 saturated heterocycles. The summed E-state index contributed by atoms with van der Waals surface area (Å²) in [4.78, 5) is 27.7. The van der Waals surface area contributed by atoms with Crippen LogP contribution < -0.4 is 5.56 Å². The Hall–Kier alpha value is -2.40. The SMILES string of the molecule is CC(=O)Cc1cc(=O)n2[nH]c(Cl)c(-c3ccccc3)c2n1. The van der Waals surface area contributed by atoms with Crippen LogP contribution in [-0.2, 0) is 11.2 Å². The molecule has 0 aliphatic heterocycles. The van der Waals surface area contributed by atoms with E-state index in [0.29, 0.717) is 22.1 Å². The van der Waals surface area contributed by atoms with Gasteiger partial charge in [0.1, 0.15) is 10.9 Å². The summed E-state index contributed by atoms with van der Waals surface area (Å²) in [5.74, 6) is -0.0471. The molecule has 0 fully saturated rings. The summed E-state index contributed by atoms with van der Waals surface area (Å²) in [6.45, 7) is 1.46. The fourth-order valence-corrected chi connectivity index (χ4v) is 2.54. The topological polar surface area (TPSA) is 67.2 Å². The molecular formula is C15H12ClN3O2. The quantitative estimate of drug-likeness (QED) is 0.808. The molecular weight excluding hydrogens is 290 g/mol. The van der Waals surface area contributed by atoms with E-state index in [1.165, 1.54) is 17.5 Å². The van der Waals surface area contributed by atoms with Crippen molar-refractivity contribution < 1.29 is 4.79 Å². The van der Waals surface area contributed by atoms with E-state index in [1.807, 2.05) is 30.3 Å². The van der Waals surface area contributed by atoms with E-state index in [2.05, 4.69) is 10.1 Å². The number of rotatable bonds is 3. The predicted molar refractivity (Wildman–Crippen MR) is 80.6 cm³/mol. The number of aromatic nitrogens is 3. The van der Waals surface area contributed by atoms with Gasteiger partial charge in [-0.25, -0.2) is 4.98 Å². The van der Waals surface area contributed by atoms with Gasteiger partial charge in [0.15, 0.2) is 5.65 Å². The molecule has 3 aromatic rings. The molecule has 106 valence electrons. The first-order valence-corrected chi connectivity index (χ1v) is 6.79. The smallest absolute Gasteiger partial charge is 0.272 e. The van der Waals surface area contributed by atoms with E-state index >= 15 is 0 Å². The van der Waals surface area contributed by atoms with E-state index in [4.69, 9.17) is 11.6 Å². The molecule has 0 aliphatic carbocycles. The van der Waals surface area contributed by atoms with Gasteiger partial charge >= 0.3 is 0 Å². The average molecular weight is 302 g/mol. The average Bonchev–Trinajstić information content (AvgIpc) is 2.76. The summed E-state index contributed by atoms with van der Waals surface area (Å²) in [6.07, 6.45) is 0.128. The second-order valence-corrected chi connectivity index (χ2v) is 5.17. The van der Waals surface area contributed by atoms with Crippen LogP contribution in [-0.4, -0.2) is 20.4 Å². The van der Waals surface area contributed by atoms with Crippen LogP contribution in [0.5, 0.6) is 0 Å². The van der Waals surface area contributed by atoms with Crippen LogP contribution in [0.3, 0.4) is 0 Å². The van der Waals surface area contributed by atoms with Gasteiger partial charge in [0, 0.05) is 12.5 Å². The number of carbonyl (C=O) groups excluding carboxylic acids is 1. The van der Waals surface area contributed by atoms with Crippen LogP contribution in [0, 0.1) is 0 Å². The highest BCUT2D eigenvalue weighted by molar-refractivity contribution is 6.33. The molecule has 0 aliphatic rings. The van der Waals surface area contributed by atoms with E-state index in [0.717, 1.165) is 5.56 Å². The van der Waals surface area contributed by atoms with Crippen LogP contribution >= 0.6 is 11.6 Å². The van der Waals surface area contributed by atoms with Crippen molar-refractivity contribution in [3.8, 4) is 11.1 Å². The molecule has 1 aromatic carbocycles. The fraction of sp³-hybridized carbons (Fsp3) is 0.133. The molecule has 1 N–H and O–H groups in total. The number of ketones is 1. The molecule has 0 bridgehead atoms. The monoisotopic (exact) mass is 301 g/mol. The Morgan fingerprint density at radius 1 is 1.33 bits per heavy atom. The lowest BCUT2D eigenvalue weighted by Gasteiger charge is -2.01. The van der Waals surface area contributed by atoms with E-state index < -0.39 is 0 Å². The van der Waals surface area contributed by atoms with E-state index in [9.17, 15) is 9.59 Å². The minimum Gasteiger partial charge on any atom is -0.300 e. The summed E-state index contributed by atoms with van der Waals surface area (Å²) in [6, 6.07) is 10.8. The zero-order valence-corrected chi connectivity index (χ0v) is 12.0. The standard InChI is InChI=1S/C15H12ClN3O2/c1-9(20)7-11-8-12(21)19-15(17-11)13(14(16)18-19)10-5-3-2-4-6-10/h2-6,8,18H,7H2,1H3. The number of aromatic amines is 1. The Morgan fingerprint density at radius 2 is 2.05 bits per heavy atom. The lowest BCUT2D eigenvalue weighted by Crippen LogP contribution is -2.16. The predicted octanol–water partition coefficient (Wildman–Crippen LogP) is 2.47. The summed E-state index contributed by atoms with van der Waals surface area (Å²) in [7, 11) is 0. The van der Waals surface area contributed by atoms with Gasteiger partial charge < -0.3 is 0 Å². The first kappa shape index (κ1) is 13.6. The van der Waals surface area contributed by atoms with Crippen LogP contribution in [0.15, 0.2) is 41.2 Å². The van der Waals surface area contributed by atoms with Crippen molar-refractivity contribution in [3.05, 3.63) is 57.6 Å². The van der Waals surface area contributed by atoms with Gasteiger partial charge in [-0.3, -0.25) is 14.7 Å². The van der Waals surface area contributed by atoms with Crippen molar-refractivity contribution in [2.75, 3.05) is 0 Å². The van der Waals surface area contributed by atoms with Gasteiger partial charge in [0.25, 0.3) is 5.56 Å². The second kappa shape index (κ2) is 5.18. The van der Waals surface area contributed by atoms with Crippen molar-refractivity contribution in [2.24, 2.45) is 0 Å². The van der Waals surface area contributed by atoms with Crippen LogP contribution in [0.25, 0.3) is 16.8 Å². The van der Waals surface area contributed by atoms with Gasteiger partial charge in [-0.05, 0) is 12.5 Å². The number of nitrogens with one attached hydrogen (secondary N) is 1. The maximum Gasteiger partial charge on any atom is 0.272 e. The first-order valence-electron chi connectivity index (χ1n) is 6.41. The summed E-state index contributed by atoms with van der Waals surface area (Å²) >= 11 is 6.21. The van der Waals surface area contributed by atoms with Gasteiger partial charge in [0.05, 0.1) is 11.3 Å². The van der Waals surface area contributed by atoms with Crippen LogP contribution in [0.2, 0.25) is 5.15 Å². The largest absolute Gasteiger partial charge is 0.300 e. The van der Waals surface area contributed by atoms with Crippen LogP contribution in [0.1, 0.15) is 12.6 Å². The molecule has 0 unspecified atom stereocenters. The van der Waals surface area contributed by atoms with Crippen molar-refractivity contribution >= 4 is 23.0 Å². The second-order valence-electron chi connectivity index (χ2n) is 4.79. The first-order chi connectivity index (χ1) is 10.1. The molecule has 0 saturated carbocycles. The number of halogens is 1. The number of benzene rings is 1. The van der Waals surface area contributed by atoms with Crippen LogP contribution in [0.4, 0.5) is 0 Å². The Morgan fingerprint density at radius 3 is 2.71 bits per heavy atom. The Kier molecular flexibility index (Phi) is 3.35. The van der Waals surface area contributed by atoms with Crippen molar-refractivity contribution in [3.63, 3.8) is 0 Å². The maximum atomic E-state index is 12.1. The third kappa shape index (κ3) is 2.48. The summed E-state index contributed by atoms with van der Waals surface area (Å²) in [5, 5.41) is 3.14. The zero-order valence-electron chi connectivity index (χ0n) is 11.3. The molecule has 2 aromatic heterocycles. The number of hydrogen-bond donors (Lipinski definition) is 1. The normalized spacial score (nSPS) is 11.0. The lowest BCUT2D eigenvalue weighted by molar-refractivity contribution is -0.116. The summed E-state index contributed by atoms with van der Waals surface area (Å²) in [5.41, 5.74) is 2.09. The molecule has 0 amide bonds. The fourth-order valence-electron chi connectivity index (χ4n) is 2.26. The Bertz CT molecular complexity index is 881. The molecule has 5 nitrogen and oxygen atoms in total. The molecule has 0 spiro atoms. The van der Waals surface area contributed by atoms with Crippen molar-refractivity contribution in [1.29, 1.82) is 0 Å². The highest BCUT2D eigenvalue weighted by Gasteiger charge is 2.16. The third-order valence-electron chi connectivity index (χ3n) is 3.12. The van der Waals surface area contributed by atoms with Gasteiger partial charge in [-0.15, -0.1) is 0 Å². The number of Topliss-reactive ketones (excluding diaryl/α,β-unsaturated/α-hetero) is 1. The third-order valence-corrected chi connectivity index (χ3v) is 3.39. The summed E-state index contributed by atoms with van der Waals surface area (Å²) < 4.78 is 1.29. The minimum absolute atomic E-state index is 0.0471. The van der Waals surface area contributed by atoms with Gasteiger partial charge in [-0.2, -0.15) is 4.52 Å².